The summed E-state index contributed by atoms with van der Waals surface area (Å²) in [7, 11) is 1.32. The molecule has 0 amide bonds. The number of hydrogen-bond acceptors (Lipinski definition) is 3. The number of carbonyl (C=O) groups excluding carboxylic acids is 1. The van der Waals surface area contributed by atoms with Crippen LogP contribution in [0.5, 0.6) is 0 Å². The van der Waals surface area contributed by atoms with Gasteiger partial charge in [-0.1, -0.05) is 17.7 Å². The van der Waals surface area contributed by atoms with Crippen LogP contribution < -0.4 is 0 Å². The average molecular weight is 222 g/mol. The Morgan fingerprint density at radius 1 is 1.47 bits per heavy atom. The van der Waals surface area contributed by atoms with E-state index in [-0.39, 0.29) is 0 Å². The highest BCUT2D eigenvalue weighted by atomic mass is 35.5. The highest BCUT2D eigenvalue weighted by molar-refractivity contribution is 6.34. The molecule has 3 nitrogen and oxygen atoms in total. The molecule has 1 heterocycles. The van der Waals surface area contributed by atoms with Gasteiger partial charge < -0.3 is 4.74 Å². The van der Waals surface area contributed by atoms with Crippen LogP contribution in [-0.4, -0.2) is 18.1 Å². The van der Waals surface area contributed by atoms with Gasteiger partial charge in [0.1, 0.15) is 0 Å². The summed E-state index contributed by atoms with van der Waals surface area (Å²) in [5.41, 5.74) is 1.06. The molecular weight excluding hydrogens is 214 g/mol. The molecule has 0 aliphatic rings. The Morgan fingerprint density at radius 2 is 2.27 bits per heavy atom. The van der Waals surface area contributed by atoms with E-state index in [1.165, 1.54) is 7.11 Å². The second kappa shape index (κ2) is 3.87. The van der Waals surface area contributed by atoms with Crippen molar-refractivity contribution in [1.82, 2.24) is 4.98 Å². The van der Waals surface area contributed by atoms with Crippen molar-refractivity contribution in [3.05, 3.63) is 41.0 Å². The highest BCUT2D eigenvalue weighted by Gasteiger charge is 2.11. The van der Waals surface area contributed by atoms with E-state index in [0.717, 1.165) is 10.9 Å². The van der Waals surface area contributed by atoms with Gasteiger partial charge in [-0.15, -0.1) is 0 Å². The fourth-order valence-electron chi connectivity index (χ4n) is 1.36. The van der Waals surface area contributed by atoms with Crippen molar-refractivity contribution in [2.45, 2.75) is 0 Å². The summed E-state index contributed by atoms with van der Waals surface area (Å²) < 4.78 is 4.61. The lowest BCUT2D eigenvalue weighted by Crippen LogP contribution is -2.02. The summed E-state index contributed by atoms with van der Waals surface area (Å²) in [5, 5.41) is 1.28. The molecule has 0 saturated carbocycles. The molecule has 15 heavy (non-hydrogen) atoms. The third-order valence-corrected chi connectivity index (χ3v) is 2.41. The van der Waals surface area contributed by atoms with E-state index in [1.54, 1.807) is 18.3 Å². The summed E-state index contributed by atoms with van der Waals surface area (Å²) in [6.07, 6.45) is 1.66. The van der Waals surface area contributed by atoms with Crippen LogP contribution in [0.25, 0.3) is 10.9 Å². The number of pyridine rings is 1. The number of ether oxygens (including phenoxy) is 1. The van der Waals surface area contributed by atoms with Crippen LogP contribution in [0.2, 0.25) is 5.02 Å². The minimum Gasteiger partial charge on any atom is -0.465 e. The van der Waals surface area contributed by atoms with Crippen LogP contribution >= 0.6 is 11.6 Å². The third-order valence-electron chi connectivity index (χ3n) is 2.10. The lowest BCUT2D eigenvalue weighted by molar-refractivity contribution is 0.0601. The summed E-state index contributed by atoms with van der Waals surface area (Å²) in [6, 6.07) is 7.03. The van der Waals surface area contributed by atoms with Gasteiger partial charge in [-0.25, -0.2) is 4.79 Å². The first kappa shape index (κ1) is 9.93. The maximum atomic E-state index is 11.3. The first-order chi connectivity index (χ1) is 7.22. The van der Waals surface area contributed by atoms with Crippen molar-refractivity contribution < 1.29 is 9.53 Å². The summed E-state index contributed by atoms with van der Waals surface area (Å²) in [6.45, 7) is 0. The summed E-state index contributed by atoms with van der Waals surface area (Å²) >= 11 is 5.95. The molecule has 1 aromatic heterocycles. The van der Waals surface area contributed by atoms with Gasteiger partial charge in [0.2, 0.25) is 0 Å². The lowest BCUT2D eigenvalue weighted by Gasteiger charge is -2.03. The summed E-state index contributed by atoms with van der Waals surface area (Å²) in [5.74, 6) is -0.451. The van der Waals surface area contributed by atoms with E-state index < -0.39 is 5.97 Å². The van der Waals surface area contributed by atoms with Crippen LogP contribution in [-0.2, 0) is 4.74 Å². The van der Waals surface area contributed by atoms with Crippen LogP contribution in [0, 0.1) is 0 Å². The number of carbonyl (C=O) groups is 1. The standard InChI is InChI=1S/C11H8ClNO2/c1-15-11(14)8-6-10-7(5-9(8)12)3-2-4-13-10/h2-6H,1H3. The van der Waals surface area contributed by atoms with Crippen LogP contribution in [0.1, 0.15) is 10.4 Å². The minimum absolute atomic E-state index is 0.338. The SMILES string of the molecule is COC(=O)c1cc2ncccc2cc1Cl. The predicted octanol–water partition coefficient (Wildman–Crippen LogP) is 2.67. The molecule has 4 heteroatoms. The number of methoxy groups -OCH3 is 1. The van der Waals surface area contributed by atoms with Crippen molar-refractivity contribution in [2.24, 2.45) is 0 Å². The molecule has 1 aromatic carbocycles. The van der Waals surface area contributed by atoms with E-state index in [1.807, 2.05) is 12.1 Å². The quantitative estimate of drug-likeness (QED) is 0.695. The van der Waals surface area contributed by atoms with E-state index in [2.05, 4.69) is 9.72 Å². The van der Waals surface area contributed by atoms with Gasteiger partial charge in [0.15, 0.2) is 0 Å². The Morgan fingerprint density at radius 3 is 3.00 bits per heavy atom. The number of esters is 1. The van der Waals surface area contributed by atoms with Gasteiger partial charge in [-0.3, -0.25) is 4.98 Å². The molecule has 2 rings (SSSR count). The largest absolute Gasteiger partial charge is 0.465 e. The summed E-state index contributed by atoms with van der Waals surface area (Å²) in [4.78, 5) is 15.5. The molecule has 0 aliphatic heterocycles. The topological polar surface area (TPSA) is 39.2 Å². The van der Waals surface area contributed by atoms with Gasteiger partial charge in [-0.2, -0.15) is 0 Å². The van der Waals surface area contributed by atoms with E-state index in [4.69, 9.17) is 11.6 Å². The van der Waals surface area contributed by atoms with E-state index >= 15 is 0 Å². The van der Waals surface area contributed by atoms with Crippen molar-refractivity contribution in [2.75, 3.05) is 7.11 Å². The average Bonchev–Trinajstić information content (AvgIpc) is 2.27. The van der Waals surface area contributed by atoms with Gasteiger partial charge in [0.25, 0.3) is 0 Å². The normalized spacial score (nSPS) is 10.3. The van der Waals surface area contributed by atoms with E-state index in [0.29, 0.717) is 10.6 Å². The second-order valence-electron chi connectivity index (χ2n) is 3.02. The molecule has 0 spiro atoms. The Kier molecular flexibility index (Phi) is 2.56. The van der Waals surface area contributed by atoms with Crippen molar-refractivity contribution in [1.29, 1.82) is 0 Å². The lowest BCUT2D eigenvalue weighted by atomic mass is 10.1. The molecule has 0 aliphatic carbocycles. The minimum atomic E-state index is -0.451. The first-order valence-electron chi connectivity index (χ1n) is 4.35. The molecule has 0 bridgehead atoms. The molecule has 0 atom stereocenters. The highest BCUT2D eigenvalue weighted by Crippen LogP contribution is 2.23. The molecule has 0 fully saturated rings. The molecular formula is C11H8ClNO2. The molecule has 0 unspecified atom stereocenters. The molecule has 0 N–H and O–H groups in total. The number of nitrogens with zero attached hydrogens (tertiary/aromatic N) is 1. The smallest absolute Gasteiger partial charge is 0.339 e. The zero-order valence-electron chi connectivity index (χ0n) is 8.03. The monoisotopic (exact) mass is 221 g/mol. The van der Waals surface area contributed by atoms with Gasteiger partial charge in [0, 0.05) is 11.6 Å². The van der Waals surface area contributed by atoms with Crippen molar-refractivity contribution in [3.8, 4) is 0 Å². The number of aromatic nitrogens is 1. The van der Waals surface area contributed by atoms with Crippen LogP contribution in [0.3, 0.4) is 0 Å². The van der Waals surface area contributed by atoms with Crippen molar-refractivity contribution in [3.63, 3.8) is 0 Å². The maximum absolute atomic E-state index is 11.3. The zero-order chi connectivity index (χ0) is 10.8. The number of halogens is 1. The third kappa shape index (κ3) is 1.78. The molecule has 2 aromatic rings. The fourth-order valence-corrected chi connectivity index (χ4v) is 1.61. The maximum Gasteiger partial charge on any atom is 0.339 e. The number of fused-ring (bicyclic) bond motifs is 1. The van der Waals surface area contributed by atoms with Crippen LogP contribution in [0.15, 0.2) is 30.5 Å². The van der Waals surface area contributed by atoms with Gasteiger partial charge >= 0.3 is 5.97 Å². The van der Waals surface area contributed by atoms with Gasteiger partial charge in [-0.05, 0) is 18.2 Å². The zero-order valence-corrected chi connectivity index (χ0v) is 8.78. The molecule has 0 saturated heterocycles. The fraction of sp³-hybridized carbons (Fsp3) is 0.0909. The van der Waals surface area contributed by atoms with Crippen molar-refractivity contribution >= 4 is 28.5 Å². The van der Waals surface area contributed by atoms with Crippen LogP contribution in [0.4, 0.5) is 0 Å². The molecule has 76 valence electrons. The Labute approximate surface area is 91.6 Å². The first-order valence-corrected chi connectivity index (χ1v) is 4.73. The van der Waals surface area contributed by atoms with Gasteiger partial charge in [0.05, 0.1) is 23.2 Å². The molecule has 0 radical (unpaired) electrons. The Balaban J connectivity index is 2.67. The predicted molar refractivity (Wildman–Crippen MR) is 58.1 cm³/mol. The number of benzene rings is 1. The number of rotatable bonds is 1. The second-order valence-corrected chi connectivity index (χ2v) is 3.43. The Bertz CT molecular complexity index is 525. The van der Waals surface area contributed by atoms with E-state index in [9.17, 15) is 4.79 Å². The Hall–Kier alpha value is -1.61. The number of hydrogen-bond donors (Lipinski definition) is 0.